The molecule has 2 aromatic heterocycles. The number of thiophene rings is 1. The van der Waals surface area contributed by atoms with E-state index in [0.717, 1.165) is 28.5 Å². The molecule has 0 bridgehead atoms. The molecule has 7 heteroatoms. The third-order valence-electron chi connectivity index (χ3n) is 5.00. The minimum Gasteiger partial charge on any atom is -0.372 e. The maximum absolute atomic E-state index is 12.7. The van der Waals surface area contributed by atoms with Crippen molar-refractivity contribution >= 4 is 39.2 Å². The van der Waals surface area contributed by atoms with Crippen molar-refractivity contribution in [3.05, 3.63) is 16.3 Å². The molecule has 2 atom stereocenters. The molecule has 1 amide bonds. The molecule has 2 aliphatic rings. The number of amides is 1. The average Bonchev–Trinajstić information content (AvgIpc) is 2.96. The lowest BCUT2D eigenvalue weighted by atomic mass is 9.97. The normalized spacial score (nSPS) is 23.3. The van der Waals surface area contributed by atoms with E-state index in [1.54, 1.807) is 11.8 Å². The maximum atomic E-state index is 12.7. The Kier molecular flexibility index (Phi) is 5.21. The molecular formula is C19H25N3O2S2. The van der Waals surface area contributed by atoms with Crippen LogP contribution in [0.4, 0.5) is 0 Å². The topological polar surface area (TPSA) is 55.3 Å². The first-order chi connectivity index (χ1) is 12.5. The van der Waals surface area contributed by atoms with Crippen LogP contribution < -0.4 is 0 Å². The summed E-state index contributed by atoms with van der Waals surface area (Å²) in [7, 11) is 0. The number of rotatable bonds is 3. The lowest BCUT2D eigenvalue weighted by molar-refractivity contribution is -0.140. The molecule has 1 aliphatic carbocycles. The van der Waals surface area contributed by atoms with Crippen molar-refractivity contribution in [3.63, 3.8) is 0 Å². The van der Waals surface area contributed by atoms with Gasteiger partial charge in [0.1, 0.15) is 15.7 Å². The van der Waals surface area contributed by atoms with Gasteiger partial charge in [0.2, 0.25) is 5.91 Å². The van der Waals surface area contributed by atoms with E-state index in [2.05, 4.69) is 4.98 Å². The SMILES string of the molecule is Cc1nc(SCC(=O)N2C[C@H](C)O[C@@H](C)C2)c2c3c(sc2n1)CCCC3. The number of fused-ring (bicyclic) bond motifs is 3. The molecule has 0 unspecified atom stereocenters. The molecule has 4 rings (SSSR count). The number of nitrogens with zero attached hydrogens (tertiary/aromatic N) is 3. The molecule has 0 aromatic carbocycles. The van der Waals surface area contributed by atoms with Gasteiger partial charge in [0.15, 0.2) is 0 Å². The summed E-state index contributed by atoms with van der Waals surface area (Å²) in [6, 6.07) is 0. The molecule has 3 heterocycles. The van der Waals surface area contributed by atoms with Gasteiger partial charge in [-0.15, -0.1) is 11.3 Å². The zero-order chi connectivity index (χ0) is 18.3. The van der Waals surface area contributed by atoms with Gasteiger partial charge < -0.3 is 9.64 Å². The van der Waals surface area contributed by atoms with E-state index in [1.165, 1.54) is 28.7 Å². The Hall–Kier alpha value is -1.18. The smallest absolute Gasteiger partial charge is 0.233 e. The lowest BCUT2D eigenvalue weighted by Gasteiger charge is -2.35. The average molecular weight is 392 g/mol. The Labute approximate surface area is 162 Å². The summed E-state index contributed by atoms with van der Waals surface area (Å²) < 4.78 is 5.73. The fraction of sp³-hybridized carbons (Fsp3) is 0.632. The second-order valence-electron chi connectivity index (χ2n) is 7.31. The number of aryl methyl sites for hydroxylation is 3. The maximum Gasteiger partial charge on any atom is 0.233 e. The van der Waals surface area contributed by atoms with Crippen molar-refractivity contribution in [1.82, 2.24) is 14.9 Å². The lowest BCUT2D eigenvalue weighted by Crippen LogP contribution is -2.48. The van der Waals surface area contributed by atoms with Crippen molar-refractivity contribution in [2.24, 2.45) is 0 Å². The largest absolute Gasteiger partial charge is 0.372 e. The van der Waals surface area contributed by atoms with E-state index < -0.39 is 0 Å². The van der Waals surface area contributed by atoms with Crippen LogP contribution in [-0.4, -0.2) is 51.8 Å². The number of carbonyl (C=O) groups is 1. The number of morpholine rings is 1. The predicted molar refractivity (Wildman–Crippen MR) is 106 cm³/mol. The summed E-state index contributed by atoms with van der Waals surface area (Å²) in [4.78, 5) is 26.6. The van der Waals surface area contributed by atoms with Gasteiger partial charge in [-0.2, -0.15) is 0 Å². The Morgan fingerprint density at radius 1 is 1.23 bits per heavy atom. The van der Waals surface area contributed by atoms with Crippen molar-refractivity contribution in [2.45, 2.75) is 63.7 Å². The van der Waals surface area contributed by atoms with E-state index >= 15 is 0 Å². The van der Waals surface area contributed by atoms with Crippen LogP contribution in [0.25, 0.3) is 10.2 Å². The Bertz CT molecular complexity index is 826. The molecular weight excluding hydrogens is 366 g/mol. The quantitative estimate of drug-likeness (QED) is 0.591. The van der Waals surface area contributed by atoms with Gasteiger partial charge in [0.05, 0.1) is 18.0 Å². The zero-order valence-electron chi connectivity index (χ0n) is 15.6. The Balaban J connectivity index is 1.55. The highest BCUT2D eigenvalue weighted by molar-refractivity contribution is 8.00. The molecule has 0 saturated carbocycles. The van der Waals surface area contributed by atoms with Gasteiger partial charge in [0.25, 0.3) is 0 Å². The number of thioether (sulfide) groups is 1. The van der Waals surface area contributed by atoms with Crippen LogP contribution >= 0.6 is 23.1 Å². The van der Waals surface area contributed by atoms with E-state index in [0.29, 0.717) is 18.8 Å². The van der Waals surface area contributed by atoms with Crippen molar-refractivity contribution in [2.75, 3.05) is 18.8 Å². The molecule has 1 saturated heterocycles. The molecule has 0 spiro atoms. The number of ether oxygens (including phenoxy) is 1. The van der Waals surface area contributed by atoms with Crippen molar-refractivity contribution < 1.29 is 9.53 Å². The number of hydrogen-bond donors (Lipinski definition) is 0. The molecule has 1 fully saturated rings. The highest BCUT2D eigenvalue weighted by Gasteiger charge is 2.27. The summed E-state index contributed by atoms with van der Waals surface area (Å²) in [5.74, 6) is 1.39. The predicted octanol–water partition coefficient (Wildman–Crippen LogP) is 3.61. The third kappa shape index (κ3) is 3.62. The molecule has 26 heavy (non-hydrogen) atoms. The van der Waals surface area contributed by atoms with Crippen LogP contribution in [0.1, 0.15) is 43.0 Å². The highest BCUT2D eigenvalue weighted by atomic mass is 32.2. The minimum absolute atomic E-state index is 0.101. The van der Waals surface area contributed by atoms with Gasteiger partial charge in [0, 0.05) is 23.4 Å². The van der Waals surface area contributed by atoms with E-state index in [-0.39, 0.29) is 18.1 Å². The van der Waals surface area contributed by atoms with Crippen LogP contribution in [-0.2, 0) is 22.4 Å². The minimum atomic E-state index is 0.101. The molecule has 0 radical (unpaired) electrons. The van der Waals surface area contributed by atoms with E-state index in [9.17, 15) is 4.79 Å². The summed E-state index contributed by atoms with van der Waals surface area (Å²) >= 11 is 3.38. The van der Waals surface area contributed by atoms with Crippen molar-refractivity contribution in [3.8, 4) is 0 Å². The first kappa shape index (κ1) is 18.2. The molecule has 5 nitrogen and oxygen atoms in total. The van der Waals surface area contributed by atoms with Gasteiger partial charge in [-0.3, -0.25) is 4.79 Å². The molecule has 0 N–H and O–H groups in total. The van der Waals surface area contributed by atoms with Crippen LogP contribution in [0.5, 0.6) is 0 Å². The fourth-order valence-electron chi connectivity index (χ4n) is 3.93. The van der Waals surface area contributed by atoms with E-state index in [4.69, 9.17) is 9.72 Å². The van der Waals surface area contributed by atoms with Gasteiger partial charge >= 0.3 is 0 Å². The first-order valence-electron chi connectivity index (χ1n) is 9.36. The third-order valence-corrected chi connectivity index (χ3v) is 7.14. The number of carbonyl (C=O) groups excluding carboxylic acids is 1. The van der Waals surface area contributed by atoms with Crippen LogP contribution in [0, 0.1) is 6.92 Å². The van der Waals surface area contributed by atoms with Crippen LogP contribution in [0.3, 0.4) is 0 Å². The van der Waals surface area contributed by atoms with Gasteiger partial charge in [-0.25, -0.2) is 9.97 Å². The summed E-state index contributed by atoms with van der Waals surface area (Å²) in [5, 5.41) is 2.19. The highest BCUT2D eigenvalue weighted by Crippen LogP contribution is 2.39. The Morgan fingerprint density at radius 3 is 2.73 bits per heavy atom. The van der Waals surface area contributed by atoms with Crippen LogP contribution in [0.15, 0.2) is 5.03 Å². The van der Waals surface area contributed by atoms with Crippen molar-refractivity contribution in [1.29, 1.82) is 0 Å². The van der Waals surface area contributed by atoms with Gasteiger partial charge in [-0.05, 0) is 52.0 Å². The molecule has 1 aliphatic heterocycles. The number of hydrogen-bond acceptors (Lipinski definition) is 6. The fourth-order valence-corrected chi connectivity index (χ4v) is 6.31. The standard InChI is InChI=1S/C19H25N3O2S2/c1-11-8-22(9-12(2)24-11)16(23)10-25-18-17-14-6-4-5-7-15(14)26-19(17)21-13(3)20-18/h11-12H,4-10H2,1-3H3/t11-,12-/m0/s1. The first-order valence-corrected chi connectivity index (χ1v) is 11.2. The van der Waals surface area contributed by atoms with Crippen LogP contribution in [0.2, 0.25) is 0 Å². The Morgan fingerprint density at radius 2 is 1.96 bits per heavy atom. The molecule has 2 aromatic rings. The summed E-state index contributed by atoms with van der Waals surface area (Å²) in [5.41, 5.74) is 1.43. The second-order valence-corrected chi connectivity index (χ2v) is 9.36. The second kappa shape index (κ2) is 7.44. The number of aromatic nitrogens is 2. The zero-order valence-corrected chi connectivity index (χ0v) is 17.2. The molecule has 140 valence electrons. The van der Waals surface area contributed by atoms with Gasteiger partial charge in [-0.1, -0.05) is 11.8 Å². The summed E-state index contributed by atoms with van der Waals surface area (Å²) in [6.07, 6.45) is 4.97. The van der Waals surface area contributed by atoms with E-state index in [1.807, 2.05) is 37.0 Å². The monoisotopic (exact) mass is 391 g/mol. The summed E-state index contributed by atoms with van der Waals surface area (Å²) in [6.45, 7) is 7.34.